The highest BCUT2D eigenvalue weighted by molar-refractivity contribution is 6.33. The number of benzene rings is 3. The Balaban J connectivity index is 1.69. The molecular weight excluding hydrogens is 349 g/mol. The van der Waals surface area contributed by atoms with E-state index in [1.54, 1.807) is 5.57 Å². The van der Waals surface area contributed by atoms with E-state index in [4.69, 9.17) is 0 Å². The zero-order valence-electron chi connectivity index (χ0n) is 17.2. The summed E-state index contributed by atoms with van der Waals surface area (Å²) in [5.74, 6) is 0.490. The molecule has 0 saturated heterocycles. The zero-order valence-corrected chi connectivity index (χ0v) is 17.2. The van der Waals surface area contributed by atoms with Gasteiger partial charge >= 0.3 is 0 Å². The maximum absolute atomic E-state index is 2.51. The first-order valence-corrected chi connectivity index (χ1v) is 10.6. The predicted molar refractivity (Wildman–Crippen MR) is 125 cm³/mol. The predicted octanol–water partition coefficient (Wildman–Crippen LogP) is 4.90. The van der Waals surface area contributed by atoms with Crippen LogP contribution in [0.4, 0.5) is 0 Å². The molecule has 2 heteroatoms. The van der Waals surface area contributed by atoms with Gasteiger partial charge in [0, 0.05) is 22.4 Å². The molecule has 1 nitrogen and oxygen atoms in total. The Hall–Kier alpha value is -3.00. The quantitative estimate of drug-likeness (QED) is 0.418. The van der Waals surface area contributed by atoms with Crippen molar-refractivity contribution in [1.29, 1.82) is 0 Å². The number of rotatable bonds is 1. The Kier molecular flexibility index (Phi) is 3.36. The average Bonchev–Trinajstić information content (AvgIpc) is 3.17. The number of para-hydroxylation sites is 1. The highest BCUT2D eigenvalue weighted by atomic mass is 15.0. The third kappa shape index (κ3) is 2.23. The highest BCUT2D eigenvalue weighted by Gasteiger charge is 2.43. The second-order valence-electron chi connectivity index (χ2n) is 9.12. The van der Waals surface area contributed by atoms with Crippen LogP contribution in [0.1, 0.15) is 42.1 Å². The molecule has 0 aliphatic heterocycles. The van der Waals surface area contributed by atoms with Gasteiger partial charge in [-0.3, -0.25) is 0 Å². The number of hydrogen-bond donors (Lipinski definition) is 0. The minimum atomic E-state index is 0.0762. The monoisotopic (exact) mass is 373 g/mol. The standard InChI is InChI=1S/C27H24BN/c1-27(2)23-11-7-6-10-19(23)20-15-22-21-14-17(28)12-13-25(21)29(26(22)16-24(20)27)18-8-4-3-5-9-18/h3-14,16,20H,15,28H2,1-2H3. The van der Waals surface area contributed by atoms with E-state index in [0.717, 1.165) is 6.42 Å². The van der Waals surface area contributed by atoms with Gasteiger partial charge in [0.1, 0.15) is 7.85 Å². The summed E-state index contributed by atoms with van der Waals surface area (Å²) >= 11 is 0. The second-order valence-corrected chi connectivity index (χ2v) is 9.12. The highest BCUT2D eigenvalue weighted by Crippen LogP contribution is 2.55. The lowest BCUT2D eigenvalue weighted by atomic mass is 9.76. The summed E-state index contributed by atoms with van der Waals surface area (Å²) in [5.41, 5.74) is 11.4. The lowest BCUT2D eigenvalue weighted by Crippen LogP contribution is -2.19. The van der Waals surface area contributed by atoms with Gasteiger partial charge in [0.05, 0.1) is 11.2 Å². The van der Waals surface area contributed by atoms with Gasteiger partial charge in [-0.15, -0.1) is 0 Å². The van der Waals surface area contributed by atoms with Crippen molar-refractivity contribution in [2.24, 2.45) is 0 Å². The van der Waals surface area contributed by atoms with E-state index in [1.165, 1.54) is 44.4 Å². The van der Waals surface area contributed by atoms with E-state index in [-0.39, 0.29) is 5.41 Å². The SMILES string of the molecule is Bc1ccc2c(c1)c1c(n2-c2ccccc2)C=C2C(C1)c1ccccc1C2(C)C. The molecule has 3 aromatic carbocycles. The van der Waals surface area contributed by atoms with Gasteiger partial charge in [0.2, 0.25) is 0 Å². The lowest BCUT2D eigenvalue weighted by molar-refractivity contribution is 0.613. The minimum Gasteiger partial charge on any atom is -0.310 e. The molecule has 1 unspecified atom stereocenters. The van der Waals surface area contributed by atoms with Gasteiger partial charge in [0.25, 0.3) is 0 Å². The Morgan fingerprint density at radius 3 is 2.52 bits per heavy atom. The van der Waals surface area contributed by atoms with Crippen LogP contribution in [0, 0.1) is 0 Å². The van der Waals surface area contributed by atoms with E-state index >= 15 is 0 Å². The Labute approximate surface area is 173 Å². The normalized spacial score (nSPS) is 18.8. The third-order valence-corrected chi connectivity index (χ3v) is 7.09. The van der Waals surface area contributed by atoms with Crippen molar-refractivity contribution in [1.82, 2.24) is 4.57 Å². The molecule has 1 heterocycles. The largest absolute Gasteiger partial charge is 0.310 e. The molecule has 0 N–H and O–H groups in total. The molecule has 140 valence electrons. The molecule has 2 aliphatic carbocycles. The number of fused-ring (bicyclic) bond motifs is 6. The van der Waals surface area contributed by atoms with Gasteiger partial charge in [-0.1, -0.05) is 79.5 Å². The molecule has 29 heavy (non-hydrogen) atoms. The van der Waals surface area contributed by atoms with E-state index < -0.39 is 0 Å². The first-order valence-electron chi connectivity index (χ1n) is 10.6. The van der Waals surface area contributed by atoms with Crippen LogP contribution in [-0.2, 0) is 11.8 Å². The zero-order chi connectivity index (χ0) is 19.8. The summed E-state index contributed by atoms with van der Waals surface area (Å²) in [6.07, 6.45) is 3.59. The molecule has 0 fully saturated rings. The third-order valence-electron chi connectivity index (χ3n) is 7.09. The van der Waals surface area contributed by atoms with Crippen LogP contribution in [0.3, 0.4) is 0 Å². The summed E-state index contributed by atoms with van der Waals surface area (Å²) in [4.78, 5) is 0. The summed E-state index contributed by atoms with van der Waals surface area (Å²) in [6, 6.07) is 26.8. The maximum atomic E-state index is 2.51. The van der Waals surface area contributed by atoms with E-state index in [2.05, 4.69) is 105 Å². The van der Waals surface area contributed by atoms with Crippen molar-refractivity contribution < 1.29 is 0 Å². The van der Waals surface area contributed by atoms with Crippen LogP contribution in [-0.4, -0.2) is 12.4 Å². The first-order chi connectivity index (χ1) is 14.1. The molecule has 0 radical (unpaired) electrons. The smallest absolute Gasteiger partial charge is 0.139 e. The van der Waals surface area contributed by atoms with Crippen molar-refractivity contribution in [3.63, 3.8) is 0 Å². The molecule has 6 rings (SSSR count). The van der Waals surface area contributed by atoms with Crippen LogP contribution < -0.4 is 5.46 Å². The summed E-state index contributed by atoms with van der Waals surface area (Å²) in [6.45, 7) is 4.78. The number of aromatic nitrogens is 1. The van der Waals surface area contributed by atoms with Crippen molar-refractivity contribution in [2.45, 2.75) is 31.6 Å². The number of nitrogens with zero attached hydrogens (tertiary/aromatic N) is 1. The molecular formula is C27H24BN. The van der Waals surface area contributed by atoms with E-state index in [0.29, 0.717) is 5.92 Å². The van der Waals surface area contributed by atoms with Gasteiger partial charge in [0.15, 0.2) is 0 Å². The fourth-order valence-corrected chi connectivity index (χ4v) is 5.69. The van der Waals surface area contributed by atoms with E-state index in [1.807, 2.05) is 0 Å². The molecule has 4 aromatic rings. The van der Waals surface area contributed by atoms with Gasteiger partial charge in [-0.2, -0.15) is 0 Å². The van der Waals surface area contributed by atoms with Crippen LogP contribution in [0.15, 0.2) is 78.4 Å². The summed E-state index contributed by atoms with van der Waals surface area (Å²) < 4.78 is 2.46. The maximum Gasteiger partial charge on any atom is 0.139 e. The fourth-order valence-electron chi connectivity index (χ4n) is 5.69. The van der Waals surface area contributed by atoms with Crippen molar-refractivity contribution >= 4 is 30.3 Å². The molecule has 0 bridgehead atoms. The number of hydrogen-bond acceptors (Lipinski definition) is 0. The molecule has 0 spiro atoms. The minimum absolute atomic E-state index is 0.0762. The van der Waals surface area contributed by atoms with Gasteiger partial charge in [-0.05, 0) is 47.4 Å². The van der Waals surface area contributed by atoms with Crippen LogP contribution in [0.5, 0.6) is 0 Å². The van der Waals surface area contributed by atoms with Gasteiger partial charge < -0.3 is 4.57 Å². The topological polar surface area (TPSA) is 4.93 Å². The summed E-state index contributed by atoms with van der Waals surface area (Å²) in [7, 11) is 2.20. The van der Waals surface area contributed by atoms with Crippen LogP contribution in [0.25, 0.3) is 22.7 Å². The Morgan fingerprint density at radius 2 is 1.69 bits per heavy atom. The number of allylic oxidation sites excluding steroid dienone is 1. The molecule has 0 saturated carbocycles. The first kappa shape index (κ1) is 16.9. The second kappa shape index (κ2) is 5.76. The lowest BCUT2D eigenvalue weighted by Gasteiger charge is -2.28. The molecule has 0 amide bonds. The van der Waals surface area contributed by atoms with Crippen LogP contribution >= 0.6 is 0 Å². The molecule has 1 atom stereocenters. The molecule has 1 aromatic heterocycles. The molecule has 2 aliphatic rings. The van der Waals surface area contributed by atoms with E-state index in [9.17, 15) is 0 Å². The Morgan fingerprint density at radius 1 is 0.931 bits per heavy atom. The van der Waals surface area contributed by atoms with Crippen molar-refractivity contribution in [3.05, 3.63) is 101 Å². The van der Waals surface area contributed by atoms with Crippen molar-refractivity contribution in [2.75, 3.05) is 0 Å². The summed E-state index contributed by atoms with van der Waals surface area (Å²) in [5, 5.41) is 1.40. The Bertz CT molecular complexity index is 1310. The van der Waals surface area contributed by atoms with Gasteiger partial charge in [-0.25, -0.2) is 0 Å². The fraction of sp³-hybridized carbons (Fsp3) is 0.185. The average molecular weight is 373 g/mol. The van der Waals surface area contributed by atoms with Crippen LogP contribution in [0.2, 0.25) is 0 Å². The van der Waals surface area contributed by atoms with Crippen molar-refractivity contribution in [3.8, 4) is 5.69 Å².